The van der Waals surface area contributed by atoms with Crippen molar-refractivity contribution < 1.29 is 51.3 Å². The summed E-state index contributed by atoms with van der Waals surface area (Å²) in [7, 11) is -2.67. The molecule has 4 fully saturated rings. The Morgan fingerprint density at radius 2 is 1.90 bits per heavy atom. The zero-order valence-electron chi connectivity index (χ0n) is 33.3. The van der Waals surface area contributed by atoms with Gasteiger partial charge in [-0.2, -0.15) is 0 Å². The van der Waals surface area contributed by atoms with Crippen molar-refractivity contribution >= 4 is 50.3 Å². The number of pyridine rings is 1. The molecule has 2 saturated carbocycles. The molecule has 4 N–H and O–H groups in total. The number of aromatic nitrogens is 1. The molecule has 0 radical (unpaired) electrons. The predicted octanol–water partition coefficient (Wildman–Crippen LogP) is 3.48. The van der Waals surface area contributed by atoms with Crippen LogP contribution < -0.4 is 29.7 Å². The van der Waals surface area contributed by atoms with E-state index in [1.54, 1.807) is 19.2 Å². The van der Waals surface area contributed by atoms with Crippen LogP contribution in [0.3, 0.4) is 0 Å². The first kappa shape index (κ1) is 41.4. The highest BCUT2D eigenvalue weighted by molar-refractivity contribution is 7.91. The lowest BCUT2D eigenvalue weighted by Crippen LogP contribution is -2.59. The molecule has 5 aliphatic rings. The number of sulfonamides is 1. The third kappa shape index (κ3) is 8.13. The molecule has 4 heterocycles. The summed E-state index contributed by atoms with van der Waals surface area (Å²) in [5.41, 5.74) is -0.881. The van der Waals surface area contributed by atoms with E-state index in [0.29, 0.717) is 81.3 Å². The van der Waals surface area contributed by atoms with Gasteiger partial charge in [-0.05, 0) is 69.4 Å². The molecule has 0 unspecified atom stereocenters. The molecule has 2 aliphatic carbocycles. The minimum atomic E-state index is -4.04. The fourth-order valence-electron chi connectivity index (χ4n) is 8.61. The normalized spacial score (nSPS) is 30.5. The first-order chi connectivity index (χ1) is 27.6. The van der Waals surface area contributed by atoms with Gasteiger partial charge in [-0.1, -0.05) is 32.4 Å². The zero-order chi connectivity index (χ0) is 41.6. The van der Waals surface area contributed by atoms with Gasteiger partial charge in [0, 0.05) is 36.2 Å². The van der Waals surface area contributed by atoms with E-state index in [9.17, 15) is 32.7 Å². The second-order valence-electron chi connectivity index (χ2n) is 16.7. The van der Waals surface area contributed by atoms with E-state index in [4.69, 9.17) is 14.2 Å². The Kier molecular flexibility index (Phi) is 11.5. The van der Waals surface area contributed by atoms with Gasteiger partial charge in [0.1, 0.15) is 23.7 Å². The fraction of sp³-hybridized carbons (Fsp3) is 0.625. The number of halogens is 1. The Labute approximate surface area is 337 Å². The Morgan fingerprint density at radius 3 is 2.57 bits per heavy atom. The highest BCUT2D eigenvalue weighted by Gasteiger charge is 2.63. The van der Waals surface area contributed by atoms with Crippen LogP contribution in [-0.4, -0.2) is 116 Å². The van der Waals surface area contributed by atoms with Crippen LogP contribution in [0.5, 0.6) is 11.6 Å². The molecule has 316 valence electrons. The number of amides is 4. The highest BCUT2D eigenvalue weighted by Crippen LogP contribution is 2.48. The summed E-state index contributed by atoms with van der Waals surface area (Å²) in [6.45, 7) is 7.47. The number of methoxy groups -OCH3 is 1. The average molecular weight is 829 g/mol. The minimum Gasteiger partial charge on any atom is -0.494 e. The number of carbonyl (C=O) groups excluding carboxylic acids is 3. The molecule has 18 heteroatoms. The lowest BCUT2D eigenvalue weighted by atomic mass is 9.85. The Hall–Kier alpha value is -4.71. The number of carboxylic acid groups (broad SMARTS) is 1. The van der Waals surface area contributed by atoms with Crippen LogP contribution in [0.25, 0.3) is 10.8 Å². The summed E-state index contributed by atoms with van der Waals surface area (Å²) in [6, 6.07) is 0.385. The average Bonchev–Trinajstić information content (AvgIpc) is 4.07. The topological polar surface area (TPSA) is 206 Å². The number of nitrogens with one attached hydrogen (secondary N) is 3. The number of hydrogen-bond donors (Lipinski definition) is 4. The second-order valence-corrected chi connectivity index (χ2v) is 18.9. The molecule has 3 aliphatic heterocycles. The Morgan fingerprint density at radius 1 is 1.16 bits per heavy atom. The van der Waals surface area contributed by atoms with E-state index in [1.165, 1.54) is 18.1 Å². The predicted molar refractivity (Wildman–Crippen MR) is 210 cm³/mol. The lowest BCUT2D eigenvalue weighted by Gasteiger charge is -2.33. The van der Waals surface area contributed by atoms with Crippen LogP contribution >= 0.6 is 0 Å². The molecule has 7 rings (SSSR count). The second kappa shape index (κ2) is 16.2. The van der Waals surface area contributed by atoms with Gasteiger partial charge in [0.05, 0.1) is 43.5 Å². The largest absolute Gasteiger partial charge is 0.494 e. The van der Waals surface area contributed by atoms with Crippen LogP contribution in [0.2, 0.25) is 0 Å². The summed E-state index contributed by atoms with van der Waals surface area (Å²) in [5.74, 6) is -3.60. The summed E-state index contributed by atoms with van der Waals surface area (Å²) < 4.78 is 60.2. The molecule has 0 bridgehead atoms. The van der Waals surface area contributed by atoms with Gasteiger partial charge in [-0.25, -0.2) is 22.6 Å². The van der Waals surface area contributed by atoms with E-state index in [1.807, 2.05) is 26.0 Å². The van der Waals surface area contributed by atoms with E-state index in [0.717, 1.165) is 0 Å². The number of hydrogen-bond acceptors (Lipinski definition) is 11. The number of benzene rings is 1. The molecular formula is C40H53FN6O10S. The van der Waals surface area contributed by atoms with Gasteiger partial charge in [0.15, 0.2) is 11.6 Å². The maximum atomic E-state index is 15.3. The number of morpholine rings is 1. The number of nitrogens with zero attached hydrogens (tertiary/aromatic N) is 3. The molecule has 4 amide bonds. The molecule has 1 aromatic heterocycles. The van der Waals surface area contributed by atoms with Crippen molar-refractivity contribution in [2.75, 3.05) is 44.9 Å². The molecular weight excluding hydrogens is 776 g/mol. The van der Waals surface area contributed by atoms with Crippen molar-refractivity contribution in [3.05, 3.63) is 36.3 Å². The summed E-state index contributed by atoms with van der Waals surface area (Å²) in [6.07, 6.45) is 6.29. The number of fused-ring (bicyclic) bond motifs is 3. The molecule has 16 nitrogen and oxygen atoms in total. The first-order valence-corrected chi connectivity index (χ1v) is 21.6. The van der Waals surface area contributed by atoms with Crippen LogP contribution in [0.15, 0.2) is 30.5 Å². The van der Waals surface area contributed by atoms with Gasteiger partial charge in [-0.15, -0.1) is 0 Å². The molecule has 0 spiro atoms. The maximum Gasteiger partial charge on any atom is 0.405 e. The number of ether oxygens (including phenoxy) is 3. The number of carbonyl (C=O) groups is 4. The molecule has 1 aromatic carbocycles. The van der Waals surface area contributed by atoms with Crippen molar-refractivity contribution in [3.8, 4) is 11.6 Å². The van der Waals surface area contributed by atoms with Crippen molar-refractivity contribution in [3.63, 3.8) is 0 Å². The maximum absolute atomic E-state index is 15.3. The summed E-state index contributed by atoms with van der Waals surface area (Å²) >= 11 is 0. The fourth-order valence-corrected chi connectivity index (χ4v) is 9.93. The molecule has 2 aromatic rings. The Balaban J connectivity index is 1.24. The van der Waals surface area contributed by atoms with Crippen LogP contribution in [0, 0.1) is 23.6 Å². The highest BCUT2D eigenvalue weighted by atomic mass is 32.2. The third-order valence-electron chi connectivity index (χ3n) is 12.6. The van der Waals surface area contributed by atoms with E-state index >= 15 is 4.39 Å². The molecule has 2 saturated heterocycles. The SMILES string of the molecule is CC[C@@H]1C[C@@H](C)CC/C=C\[C@@H]2C[C@@]2(C(=O)NS(=O)(=O)C2(C)CC2)NC(=O)[C@@H]2C[C@@H](Oc3ncc(N4CCOCC4)c4cc(OC)c(F)cc34)CN2C(=O)[C@H]1NC(=O)O. The summed E-state index contributed by atoms with van der Waals surface area (Å²) in [4.78, 5) is 63.3. The van der Waals surface area contributed by atoms with Gasteiger partial charge in [-0.3, -0.25) is 19.1 Å². The Bertz CT molecular complexity index is 2090. The zero-order valence-corrected chi connectivity index (χ0v) is 34.1. The van der Waals surface area contributed by atoms with Crippen molar-refractivity contribution in [1.82, 2.24) is 25.2 Å². The smallest absolute Gasteiger partial charge is 0.405 e. The summed E-state index contributed by atoms with van der Waals surface area (Å²) in [5, 5.41) is 16.1. The van der Waals surface area contributed by atoms with Crippen LogP contribution in [0.4, 0.5) is 14.9 Å². The van der Waals surface area contributed by atoms with Gasteiger partial charge in [0.2, 0.25) is 27.7 Å². The van der Waals surface area contributed by atoms with Gasteiger partial charge in [0.25, 0.3) is 5.91 Å². The third-order valence-corrected chi connectivity index (χ3v) is 14.8. The van der Waals surface area contributed by atoms with Crippen molar-refractivity contribution in [2.45, 2.75) is 101 Å². The monoisotopic (exact) mass is 828 g/mol. The standard InChI is InChI=1S/C40H53FN6O10S/c1-5-24-16-23(2)8-6-7-9-25-20-40(25,37(50)45-58(53,54)39(3)10-11-39)44-34(48)30-17-26(22-47(30)36(49)33(24)43-38(51)52)57-35-28-18-29(41)32(55-4)19-27(28)31(21-42-35)46-12-14-56-15-13-46/h7,9,18-19,21,23-26,30,33,43H,5-6,8,10-17,20,22H2,1-4H3,(H,44,48)(H,45,50)(H,51,52)/b9-7-/t23-,24+,25+,26+,30-,33-,40+/m0/s1. The minimum absolute atomic E-state index is 0.0233. The number of rotatable bonds is 9. The molecule has 58 heavy (non-hydrogen) atoms. The number of anilines is 1. The lowest BCUT2D eigenvalue weighted by molar-refractivity contribution is -0.142. The van der Waals surface area contributed by atoms with Crippen LogP contribution in [-0.2, 0) is 29.1 Å². The van der Waals surface area contributed by atoms with Crippen molar-refractivity contribution in [1.29, 1.82) is 0 Å². The number of allylic oxidation sites excluding steroid dienone is 1. The van der Waals surface area contributed by atoms with Crippen molar-refractivity contribution in [2.24, 2.45) is 17.8 Å². The van der Waals surface area contributed by atoms with E-state index in [-0.39, 0.29) is 36.9 Å². The van der Waals surface area contributed by atoms with E-state index < -0.39 is 80.0 Å². The van der Waals surface area contributed by atoms with E-state index in [2.05, 4.69) is 25.2 Å². The van der Waals surface area contributed by atoms with Gasteiger partial charge >= 0.3 is 6.09 Å². The first-order valence-electron chi connectivity index (χ1n) is 20.1. The molecule has 7 atom stereocenters. The van der Waals surface area contributed by atoms with Gasteiger partial charge < -0.3 is 39.8 Å². The quantitative estimate of drug-likeness (QED) is 0.268. The van der Waals surface area contributed by atoms with Crippen LogP contribution in [0.1, 0.15) is 72.1 Å².